The van der Waals surface area contributed by atoms with Crippen molar-refractivity contribution in [3.8, 4) is 0 Å². The van der Waals surface area contributed by atoms with E-state index in [4.69, 9.17) is 15.3 Å². The second-order valence-corrected chi connectivity index (χ2v) is 0.238. The van der Waals surface area contributed by atoms with Crippen LogP contribution >= 0.6 is 0 Å². The van der Waals surface area contributed by atoms with Crippen molar-refractivity contribution in [1.82, 2.24) is 0 Å². The molecule has 0 aromatic carbocycles. The summed E-state index contributed by atoms with van der Waals surface area (Å²) in [6, 6.07) is 0. The van der Waals surface area contributed by atoms with E-state index in [9.17, 15) is 0 Å². The van der Waals surface area contributed by atoms with Crippen LogP contribution in [0.1, 0.15) is 0 Å². The Balaban J connectivity index is -0.0000000150. The Kier molecular flexibility index (Phi) is 59.4. The summed E-state index contributed by atoms with van der Waals surface area (Å²) in [5.41, 5.74) is 0. The number of nitrogens with two attached hydrogens (primary N) is 2. The van der Waals surface area contributed by atoms with Crippen LogP contribution in [0.2, 0.25) is 0 Å². The van der Waals surface area contributed by atoms with E-state index in [0.29, 0.717) is 0 Å². The molecule has 0 saturated carbocycles. The summed E-state index contributed by atoms with van der Waals surface area (Å²) in [4.78, 5) is 8.36. The minimum absolute atomic E-state index is 0. The van der Waals surface area contributed by atoms with Crippen LogP contribution in [0.5, 0.6) is 0 Å². The molecule has 0 radical (unpaired) electrons. The van der Waals surface area contributed by atoms with Gasteiger partial charge in [0, 0.05) is 41.7 Å². The van der Waals surface area contributed by atoms with Gasteiger partial charge in [-0.2, -0.15) is 0 Å². The fraction of sp³-hybridized carbons (Fsp3) is 0. The first-order valence-electron chi connectivity index (χ1n) is 0.565. The zero-order chi connectivity index (χ0) is 3.58. The molecule has 0 aliphatic heterocycles. The zero-order valence-electron chi connectivity index (χ0n) is 3.37. The normalized spacial score (nSPS) is 3.43. The van der Waals surface area contributed by atoms with E-state index in [1.165, 1.54) is 0 Å². The van der Waals surface area contributed by atoms with Gasteiger partial charge in [-0.25, -0.2) is 0 Å². The van der Waals surface area contributed by atoms with Crippen molar-refractivity contribution in [2.45, 2.75) is 0 Å². The van der Waals surface area contributed by atoms with Crippen molar-refractivity contribution in [3.63, 3.8) is 0 Å². The molecule has 0 atom stereocenters. The molecule has 0 aliphatic rings. The van der Waals surface area contributed by atoms with Crippen LogP contribution in [0.25, 0.3) is 12.3 Å². The van der Waals surface area contributed by atoms with Crippen LogP contribution in [0.4, 0.5) is 0 Å². The molecule has 7 heteroatoms. The first-order chi connectivity index (χ1) is 1.73. The van der Waals surface area contributed by atoms with Crippen molar-refractivity contribution in [2.24, 2.45) is 0 Å². The predicted molar refractivity (Wildman–Crippen MR) is 19.3 cm³/mol. The predicted octanol–water partition coefficient (Wildman–Crippen LogP) is 1.09. The Morgan fingerprint density at radius 2 is 1.43 bits per heavy atom. The van der Waals surface area contributed by atoms with Gasteiger partial charge < -0.3 is 17.5 Å². The Labute approximate surface area is 73.9 Å². The maximum absolute atomic E-state index is 8.36. The molecule has 5 N–H and O–H groups in total. The van der Waals surface area contributed by atoms with Crippen LogP contribution in [-0.2, 0) is 0 Å². The van der Waals surface area contributed by atoms with Gasteiger partial charge in [0.05, 0.1) is 0 Å². The molecule has 0 spiro atoms. The smallest absolute Gasteiger partial charge is 0.291 e. The molecule has 0 aliphatic carbocycles. The van der Waals surface area contributed by atoms with E-state index in [1.54, 1.807) is 0 Å². The first kappa shape index (κ1) is 25.9. The van der Waals surface area contributed by atoms with Crippen molar-refractivity contribution < 1.29 is 52.0 Å². The SMILES string of the molecule is O=[N+]([O-])O.[Ce].[NH2-].[NH2-]. The van der Waals surface area contributed by atoms with Crippen molar-refractivity contribution in [1.29, 1.82) is 0 Å². The second-order valence-electron chi connectivity index (χ2n) is 0.238. The van der Waals surface area contributed by atoms with Gasteiger partial charge >= 0.3 is 0 Å². The van der Waals surface area contributed by atoms with Crippen LogP contribution in [0.15, 0.2) is 0 Å². The fourth-order valence-electron chi connectivity index (χ4n) is 0. The number of hydrogen-bond acceptors (Lipinski definition) is 2. The minimum atomic E-state index is -1.50. The molecule has 0 bridgehead atoms. The second kappa shape index (κ2) is 16.1. The van der Waals surface area contributed by atoms with Gasteiger partial charge in [-0.1, -0.05) is 0 Å². The standard InChI is InChI=1S/Ce.HNO3.2H2N/c;2-1(3)4;;/h;(H,2,3,4);2*1H2/q;;2*-1. The molecule has 7 heavy (non-hydrogen) atoms. The molecule has 0 fully saturated rings. The third kappa shape index (κ3) is 533. The maximum atomic E-state index is 8.36. The average Bonchev–Trinajstić information content (AvgIpc) is 0.811. The molecule has 0 amide bonds. The van der Waals surface area contributed by atoms with E-state index in [-0.39, 0.29) is 54.0 Å². The molecule has 6 nitrogen and oxygen atoms in total. The van der Waals surface area contributed by atoms with E-state index in [2.05, 4.69) is 0 Å². The van der Waals surface area contributed by atoms with E-state index in [0.717, 1.165) is 0 Å². The largest absolute Gasteiger partial charge is 0.693 e. The van der Waals surface area contributed by atoms with Crippen molar-refractivity contribution in [3.05, 3.63) is 22.4 Å². The summed E-state index contributed by atoms with van der Waals surface area (Å²) < 4.78 is 0. The Morgan fingerprint density at radius 3 is 1.43 bits per heavy atom. The molecular formula is H5CeN3O3-2. The maximum Gasteiger partial charge on any atom is 0.291 e. The fourth-order valence-corrected chi connectivity index (χ4v) is 0. The third-order valence-electron chi connectivity index (χ3n) is 0. The Morgan fingerprint density at radius 1 is 1.43 bits per heavy atom. The zero-order valence-corrected chi connectivity index (χ0v) is 6.51. The summed E-state index contributed by atoms with van der Waals surface area (Å²) in [5.74, 6) is 0. The first-order valence-corrected chi connectivity index (χ1v) is 0.565. The van der Waals surface area contributed by atoms with Gasteiger partial charge in [0.25, 0.3) is 5.09 Å². The number of nitrogens with zero attached hydrogens (tertiary/aromatic N) is 1. The molecule has 0 aromatic heterocycles. The summed E-state index contributed by atoms with van der Waals surface area (Å²) >= 11 is 0. The molecule has 0 unspecified atom stereocenters. The minimum Gasteiger partial charge on any atom is -0.693 e. The molecule has 0 aromatic rings. The summed E-state index contributed by atoms with van der Waals surface area (Å²) in [7, 11) is 0. The summed E-state index contributed by atoms with van der Waals surface area (Å²) in [5, 5.41) is 13.6. The molecule has 0 saturated heterocycles. The number of rotatable bonds is 0. The van der Waals surface area contributed by atoms with Crippen LogP contribution in [-0.4, -0.2) is 10.3 Å². The van der Waals surface area contributed by atoms with Crippen LogP contribution < -0.4 is 0 Å². The third-order valence-corrected chi connectivity index (χ3v) is 0. The van der Waals surface area contributed by atoms with Gasteiger partial charge in [0.2, 0.25) is 0 Å². The van der Waals surface area contributed by atoms with Crippen LogP contribution in [0.3, 0.4) is 0 Å². The van der Waals surface area contributed by atoms with E-state index in [1.807, 2.05) is 0 Å². The molecule has 44 valence electrons. The summed E-state index contributed by atoms with van der Waals surface area (Å²) in [6.45, 7) is 0. The quantitative estimate of drug-likeness (QED) is 0.497. The van der Waals surface area contributed by atoms with Gasteiger partial charge in [0.15, 0.2) is 0 Å². The van der Waals surface area contributed by atoms with Crippen molar-refractivity contribution >= 4 is 0 Å². The number of hydrogen-bond donors (Lipinski definition) is 1. The molecular weight excluding hydrogens is 230 g/mol. The Hall–Kier alpha value is 0.497. The topological polar surface area (TPSA) is 130 Å². The molecule has 0 heterocycles. The summed E-state index contributed by atoms with van der Waals surface area (Å²) in [6.07, 6.45) is 0. The van der Waals surface area contributed by atoms with Crippen LogP contribution in [0, 0.1) is 51.9 Å². The van der Waals surface area contributed by atoms with Crippen molar-refractivity contribution in [2.75, 3.05) is 0 Å². The van der Waals surface area contributed by atoms with Gasteiger partial charge in [-0.3, -0.25) is 0 Å². The average molecular weight is 235 g/mol. The van der Waals surface area contributed by atoms with Gasteiger partial charge in [-0.05, 0) is 0 Å². The Bertz CT molecular complexity index is 33.2. The van der Waals surface area contributed by atoms with E-state index >= 15 is 0 Å². The molecule has 0 rings (SSSR count). The van der Waals surface area contributed by atoms with Gasteiger partial charge in [-0.15, -0.1) is 10.1 Å². The van der Waals surface area contributed by atoms with E-state index < -0.39 is 5.09 Å². The monoisotopic (exact) mass is 235 g/mol. The van der Waals surface area contributed by atoms with Gasteiger partial charge in [0.1, 0.15) is 0 Å².